The van der Waals surface area contributed by atoms with E-state index in [0.717, 1.165) is 10.0 Å². The summed E-state index contributed by atoms with van der Waals surface area (Å²) in [5, 5.41) is 11.4. The van der Waals surface area contributed by atoms with E-state index in [4.69, 9.17) is 5.11 Å². The summed E-state index contributed by atoms with van der Waals surface area (Å²) in [4.78, 5) is 22.4. The first-order valence-electron chi connectivity index (χ1n) is 5.77. The number of carbonyl (C=O) groups is 2. The van der Waals surface area contributed by atoms with Gasteiger partial charge in [-0.2, -0.15) is 0 Å². The largest absolute Gasteiger partial charge is 0.481 e. The molecule has 1 unspecified atom stereocenters. The molecule has 0 saturated heterocycles. The van der Waals surface area contributed by atoms with Crippen LogP contribution in [0.5, 0.6) is 0 Å². The fourth-order valence-corrected chi connectivity index (χ4v) is 2.03. The topological polar surface area (TPSA) is 66.4 Å². The number of halogens is 1. The zero-order valence-corrected chi connectivity index (χ0v) is 11.7. The van der Waals surface area contributed by atoms with Crippen molar-refractivity contribution in [1.82, 2.24) is 5.32 Å². The molecule has 0 radical (unpaired) electrons. The third kappa shape index (κ3) is 4.87. The van der Waals surface area contributed by atoms with Gasteiger partial charge < -0.3 is 10.4 Å². The second-order valence-corrected chi connectivity index (χ2v) is 4.89. The maximum atomic E-state index is 11.8. The molecule has 0 bridgehead atoms. The van der Waals surface area contributed by atoms with E-state index in [1.807, 2.05) is 31.2 Å². The lowest BCUT2D eigenvalue weighted by Gasteiger charge is -2.15. The summed E-state index contributed by atoms with van der Waals surface area (Å²) in [5.41, 5.74) is 0.889. The summed E-state index contributed by atoms with van der Waals surface area (Å²) in [6.07, 6.45) is 0.809. The van der Waals surface area contributed by atoms with Crippen LogP contribution < -0.4 is 5.32 Å². The van der Waals surface area contributed by atoms with Gasteiger partial charge in [0.25, 0.3) is 0 Å². The molecule has 0 aliphatic carbocycles. The first-order chi connectivity index (χ1) is 8.52. The summed E-state index contributed by atoms with van der Waals surface area (Å²) < 4.78 is 0.881. The van der Waals surface area contributed by atoms with Crippen molar-refractivity contribution in [2.24, 2.45) is 0 Å². The second-order valence-electron chi connectivity index (χ2n) is 4.04. The molecule has 0 saturated carbocycles. The minimum absolute atomic E-state index is 0.0435. The number of hydrogen-bond acceptors (Lipinski definition) is 2. The Hall–Kier alpha value is -1.36. The highest BCUT2D eigenvalue weighted by molar-refractivity contribution is 9.10. The van der Waals surface area contributed by atoms with Crippen LogP contribution in [0.2, 0.25) is 0 Å². The molecule has 2 N–H and O–H groups in total. The van der Waals surface area contributed by atoms with Crippen LogP contribution in [0.3, 0.4) is 0 Å². The van der Waals surface area contributed by atoms with E-state index >= 15 is 0 Å². The van der Waals surface area contributed by atoms with Crippen LogP contribution in [0.4, 0.5) is 0 Å². The lowest BCUT2D eigenvalue weighted by atomic mass is 10.1. The highest BCUT2D eigenvalue weighted by atomic mass is 79.9. The Morgan fingerprint density at radius 3 is 2.61 bits per heavy atom. The van der Waals surface area contributed by atoms with Gasteiger partial charge in [-0.05, 0) is 18.1 Å². The van der Waals surface area contributed by atoms with E-state index in [2.05, 4.69) is 21.2 Å². The van der Waals surface area contributed by atoms with E-state index in [-0.39, 0.29) is 24.8 Å². The summed E-state index contributed by atoms with van der Waals surface area (Å²) in [7, 11) is 0. The van der Waals surface area contributed by atoms with Crippen LogP contribution in [0.15, 0.2) is 28.7 Å². The third-order valence-corrected chi connectivity index (χ3v) is 3.36. The molecule has 1 rings (SSSR count). The summed E-state index contributed by atoms with van der Waals surface area (Å²) in [6.45, 7) is 1.85. The quantitative estimate of drug-likeness (QED) is 0.847. The molecule has 0 spiro atoms. The molecule has 4 nitrogen and oxygen atoms in total. The Morgan fingerprint density at radius 1 is 1.39 bits per heavy atom. The molecule has 0 aliphatic heterocycles. The fraction of sp³-hybridized carbons (Fsp3) is 0.385. The molecule has 1 atom stereocenters. The van der Waals surface area contributed by atoms with Gasteiger partial charge in [-0.3, -0.25) is 9.59 Å². The average Bonchev–Trinajstić information content (AvgIpc) is 2.30. The Bertz CT molecular complexity index is 434. The average molecular weight is 314 g/mol. The molecule has 1 aromatic rings. The minimum atomic E-state index is -0.900. The second kappa shape index (κ2) is 7.16. The number of carbonyl (C=O) groups excluding carboxylic acids is 1. The first kappa shape index (κ1) is 14.7. The predicted molar refractivity (Wildman–Crippen MR) is 72.3 cm³/mol. The van der Waals surface area contributed by atoms with Crippen LogP contribution >= 0.6 is 15.9 Å². The van der Waals surface area contributed by atoms with Crippen molar-refractivity contribution in [3.63, 3.8) is 0 Å². The molecular weight excluding hydrogens is 298 g/mol. The van der Waals surface area contributed by atoms with Crippen molar-refractivity contribution < 1.29 is 14.7 Å². The Morgan fingerprint density at radius 2 is 2.06 bits per heavy atom. The van der Waals surface area contributed by atoms with Crippen molar-refractivity contribution in [3.8, 4) is 0 Å². The maximum absolute atomic E-state index is 11.8. The first-order valence-corrected chi connectivity index (χ1v) is 6.56. The van der Waals surface area contributed by atoms with Gasteiger partial charge in [0.2, 0.25) is 5.91 Å². The molecule has 18 heavy (non-hydrogen) atoms. The number of carboxylic acids is 1. The van der Waals surface area contributed by atoms with E-state index in [9.17, 15) is 9.59 Å². The van der Waals surface area contributed by atoms with Gasteiger partial charge in [-0.25, -0.2) is 0 Å². The number of rotatable bonds is 6. The molecule has 98 valence electrons. The fourth-order valence-electron chi connectivity index (χ4n) is 1.60. The normalized spacial score (nSPS) is 11.9. The standard InChI is InChI=1S/C13H16BrNO3/c1-2-10(8-13(17)18)15-12(16)7-9-5-3-4-6-11(9)14/h3-6,10H,2,7-8H2,1H3,(H,15,16)(H,17,18). The molecule has 1 aromatic carbocycles. The zero-order valence-electron chi connectivity index (χ0n) is 10.1. The Balaban J connectivity index is 2.55. The molecule has 5 heteroatoms. The van der Waals surface area contributed by atoms with Gasteiger partial charge in [-0.1, -0.05) is 41.1 Å². The number of nitrogens with one attached hydrogen (secondary N) is 1. The zero-order chi connectivity index (χ0) is 13.5. The molecule has 0 fully saturated rings. The summed E-state index contributed by atoms with van der Waals surface area (Å²) in [6, 6.07) is 7.17. The van der Waals surface area contributed by atoms with Gasteiger partial charge in [-0.15, -0.1) is 0 Å². The third-order valence-electron chi connectivity index (χ3n) is 2.59. The molecule has 0 heterocycles. The highest BCUT2D eigenvalue weighted by Crippen LogP contribution is 2.16. The number of hydrogen-bond donors (Lipinski definition) is 2. The van der Waals surface area contributed by atoms with E-state index in [1.54, 1.807) is 0 Å². The van der Waals surface area contributed by atoms with Gasteiger partial charge in [0, 0.05) is 10.5 Å². The Labute approximate surface area is 115 Å². The van der Waals surface area contributed by atoms with Gasteiger partial charge in [0.05, 0.1) is 12.8 Å². The van der Waals surface area contributed by atoms with Crippen LogP contribution in [-0.4, -0.2) is 23.0 Å². The van der Waals surface area contributed by atoms with E-state index < -0.39 is 5.97 Å². The highest BCUT2D eigenvalue weighted by Gasteiger charge is 2.14. The molecule has 1 amide bonds. The Kier molecular flexibility index (Phi) is 5.85. The summed E-state index contributed by atoms with van der Waals surface area (Å²) in [5.74, 6) is -1.06. The smallest absolute Gasteiger partial charge is 0.305 e. The van der Waals surface area contributed by atoms with E-state index in [1.165, 1.54) is 0 Å². The van der Waals surface area contributed by atoms with E-state index in [0.29, 0.717) is 6.42 Å². The predicted octanol–water partition coefficient (Wildman–Crippen LogP) is 2.36. The van der Waals surface area contributed by atoms with Crippen molar-refractivity contribution in [1.29, 1.82) is 0 Å². The number of benzene rings is 1. The summed E-state index contributed by atoms with van der Waals surface area (Å²) >= 11 is 3.37. The molecular formula is C13H16BrNO3. The van der Waals surface area contributed by atoms with Crippen LogP contribution in [0.1, 0.15) is 25.3 Å². The van der Waals surface area contributed by atoms with Gasteiger partial charge >= 0.3 is 5.97 Å². The molecule has 0 aromatic heterocycles. The number of amides is 1. The van der Waals surface area contributed by atoms with Crippen molar-refractivity contribution in [3.05, 3.63) is 34.3 Å². The maximum Gasteiger partial charge on any atom is 0.305 e. The van der Waals surface area contributed by atoms with Crippen molar-refractivity contribution >= 4 is 27.8 Å². The number of aliphatic carboxylic acids is 1. The van der Waals surface area contributed by atoms with Crippen molar-refractivity contribution in [2.45, 2.75) is 32.2 Å². The van der Waals surface area contributed by atoms with Gasteiger partial charge in [0.15, 0.2) is 0 Å². The molecule has 0 aliphatic rings. The number of carboxylic acid groups (broad SMARTS) is 1. The lowest BCUT2D eigenvalue weighted by molar-refractivity contribution is -0.137. The monoisotopic (exact) mass is 313 g/mol. The van der Waals surface area contributed by atoms with Crippen LogP contribution in [0, 0.1) is 0 Å². The van der Waals surface area contributed by atoms with Crippen LogP contribution in [-0.2, 0) is 16.0 Å². The van der Waals surface area contributed by atoms with Gasteiger partial charge in [0.1, 0.15) is 0 Å². The van der Waals surface area contributed by atoms with Crippen LogP contribution in [0.25, 0.3) is 0 Å². The van der Waals surface area contributed by atoms with Crippen molar-refractivity contribution in [2.75, 3.05) is 0 Å². The lowest BCUT2D eigenvalue weighted by Crippen LogP contribution is -2.37. The SMILES string of the molecule is CCC(CC(=O)O)NC(=O)Cc1ccccc1Br. The minimum Gasteiger partial charge on any atom is -0.481 e.